The van der Waals surface area contributed by atoms with E-state index in [1.807, 2.05) is 19.0 Å². The summed E-state index contributed by atoms with van der Waals surface area (Å²) in [5.74, 6) is -0.506. The summed E-state index contributed by atoms with van der Waals surface area (Å²) >= 11 is 12.5. The number of aliphatic hydroxyl groups excluding tert-OH is 1. The van der Waals surface area contributed by atoms with E-state index in [0.29, 0.717) is 13.0 Å². The van der Waals surface area contributed by atoms with Crippen LogP contribution in [0.5, 0.6) is 0 Å². The van der Waals surface area contributed by atoms with Gasteiger partial charge in [0.15, 0.2) is 0 Å². The molecule has 200 valence electrons. The Morgan fingerprint density at radius 2 is 1.84 bits per heavy atom. The molecule has 38 heavy (non-hydrogen) atoms. The van der Waals surface area contributed by atoms with E-state index < -0.39 is 35.4 Å². The monoisotopic (exact) mass is 566 g/mol. The van der Waals surface area contributed by atoms with E-state index in [4.69, 9.17) is 23.2 Å². The molecule has 1 heterocycles. The fourth-order valence-corrected chi connectivity index (χ4v) is 4.32. The van der Waals surface area contributed by atoms with Crippen LogP contribution >= 0.6 is 23.2 Å². The molecule has 0 fully saturated rings. The smallest absolute Gasteiger partial charge is 0.392 e. The number of aromatic nitrogens is 1. The highest BCUT2D eigenvalue weighted by molar-refractivity contribution is 6.33. The Balaban J connectivity index is 2.18. The van der Waals surface area contributed by atoms with Crippen LogP contribution in [-0.2, 0) is 12.8 Å². The van der Waals surface area contributed by atoms with Crippen LogP contribution in [0.2, 0.25) is 10.0 Å². The van der Waals surface area contributed by atoms with Gasteiger partial charge in [0, 0.05) is 44.5 Å². The molecule has 0 spiro atoms. The van der Waals surface area contributed by atoms with Gasteiger partial charge in [-0.15, -0.1) is 0 Å². The Labute approximate surface area is 226 Å². The molecule has 0 aliphatic heterocycles. The molecule has 0 atom stereocenters. The largest absolute Gasteiger partial charge is 0.416 e. The molecule has 1 amide bonds. The quantitative estimate of drug-likeness (QED) is 0.329. The van der Waals surface area contributed by atoms with E-state index in [9.17, 15) is 33.1 Å². The number of nitrogens with one attached hydrogen (secondary N) is 2. The van der Waals surface area contributed by atoms with Crippen molar-refractivity contribution in [1.82, 2.24) is 15.2 Å². The zero-order chi connectivity index (χ0) is 28.2. The van der Waals surface area contributed by atoms with Crippen molar-refractivity contribution in [3.8, 4) is 28.5 Å². The molecule has 1 aromatic heterocycles. The zero-order valence-corrected chi connectivity index (χ0v) is 21.9. The number of nitrogens with zero attached hydrogens (tertiary/aromatic N) is 2. The normalized spacial score (nSPS) is 11.5. The second-order valence-electron chi connectivity index (χ2n) is 8.66. The molecule has 3 rings (SSSR count). The third-order valence-electron chi connectivity index (χ3n) is 5.70. The lowest BCUT2D eigenvalue weighted by Crippen LogP contribution is -2.28. The van der Waals surface area contributed by atoms with Gasteiger partial charge in [-0.25, -0.2) is 0 Å². The molecule has 12 heteroatoms. The van der Waals surface area contributed by atoms with Crippen LogP contribution in [0.4, 0.5) is 13.2 Å². The summed E-state index contributed by atoms with van der Waals surface area (Å²) in [6.07, 6.45) is -4.02. The number of alkyl halides is 3. The van der Waals surface area contributed by atoms with Crippen LogP contribution in [0, 0.1) is 11.3 Å². The number of benzene rings is 2. The summed E-state index contributed by atoms with van der Waals surface area (Å²) in [6, 6.07) is 8.30. The number of nitriles is 1. The Kier molecular flexibility index (Phi) is 9.22. The first-order valence-electron chi connectivity index (χ1n) is 11.3. The van der Waals surface area contributed by atoms with Gasteiger partial charge in [0.1, 0.15) is 11.6 Å². The minimum absolute atomic E-state index is 0.0192. The molecule has 0 aliphatic rings. The van der Waals surface area contributed by atoms with Gasteiger partial charge < -0.3 is 20.3 Å². The Morgan fingerprint density at radius 1 is 1.13 bits per heavy atom. The highest BCUT2D eigenvalue weighted by Crippen LogP contribution is 2.38. The van der Waals surface area contributed by atoms with E-state index in [1.165, 1.54) is 18.2 Å². The van der Waals surface area contributed by atoms with Crippen LogP contribution in [0.1, 0.15) is 33.5 Å². The average molecular weight is 567 g/mol. The summed E-state index contributed by atoms with van der Waals surface area (Å²) in [5, 5.41) is 22.5. The highest BCUT2D eigenvalue weighted by Gasteiger charge is 2.31. The first-order valence-corrected chi connectivity index (χ1v) is 12.0. The molecule has 0 unspecified atom stereocenters. The standard InChI is InChI=1S/C26H23Cl2F3N4O3/c1-35(2)7-3-6-33-24(37)19-10-15(27)9-18(21(19)13-36)23-11-16(20(12-32)25(38)34-23)17-8-14(26(29,30)31)4-5-22(17)28/h4-5,8-11,36H,3,6-7,13H2,1-2H3,(H,33,37)(H,34,38). The van der Waals surface area contributed by atoms with Gasteiger partial charge in [0.05, 0.1) is 12.2 Å². The Bertz CT molecular complexity index is 1460. The van der Waals surface area contributed by atoms with E-state index in [2.05, 4.69) is 10.3 Å². The number of carbonyl (C=O) groups is 1. The number of amides is 1. The van der Waals surface area contributed by atoms with E-state index in [1.54, 1.807) is 6.07 Å². The van der Waals surface area contributed by atoms with Crippen molar-refractivity contribution in [3.63, 3.8) is 0 Å². The molecule has 2 aromatic carbocycles. The SMILES string of the molecule is CN(C)CCCNC(=O)c1cc(Cl)cc(-c2cc(-c3cc(C(F)(F)F)ccc3Cl)c(C#N)c(=O)[nH]2)c1CO. The second-order valence-corrected chi connectivity index (χ2v) is 9.50. The van der Waals surface area contributed by atoms with Crippen molar-refractivity contribution in [2.75, 3.05) is 27.2 Å². The highest BCUT2D eigenvalue weighted by atomic mass is 35.5. The van der Waals surface area contributed by atoms with Crippen molar-refractivity contribution in [3.05, 3.63) is 79.1 Å². The van der Waals surface area contributed by atoms with Gasteiger partial charge in [0.25, 0.3) is 11.5 Å². The molecule has 7 nitrogen and oxygen atoms in total. The van der Waals surface area contributed by atoms with Crippen molar-refractivity contribution in [2.45, 2.75) is 19.2 Å². The first-order chi connectivity index (χ1) is 17.9. The van der Waals surface area contributed by atoms with Crippen LogP contribution in [-0.4, -0.2) is 48.1 Å². The number of pyridine rings is 1. The summed E-state index contributed by atoms with van der Waals surface area (Å²) < 4.78 is 40.1. The number of rotatable bonds is 8. The number of hydrogen-bond acceptors (Lipinski definition) is 5. The number of carbonyl (C=O) groups excluding carboxylic acids is 1. The number of halogens is 5. The third kappa shape index (κ3) is 6.55. The summed E-state index contributed by atoms with van der Waals surface area (Å²) in [4.78, 5) is 30.2. The van der Waals surface area contributed by atoms with Crippen LogP contribution in [0.15, 0.2) is 41.2 Å². The van der Waals surface area contributed by atoms with Gasteiger partial charge in [-0.2, -0.15) is 18.4 Å². The lowest BCUT2D eigenvalue weighted by Gasteiger charge is -2.17. The third-order valence-corrected chi connectivity index (χ3v) is 6.25. The second kappa shape index (κ2) is 12.0. The van der Waals surface area contributed by atoms with Gasteiger partial charge in [-0.05, 0) is 69.0 Å². The molecule has 0 bridgehead atoms. The van der Waals surface area contributed by atoms with Crippen LogP contribution in [0.25, 0.3) is 22.4 Å². The fourth-order valence-electron chi connectivity index (χ4n) is 3.88. The van der Waals surface area contributed by atoms with Gasteiger partial charge >= 0.3 is 6.18 Å². The molecule has 3 aromatic rings. The summed E-state index contributed by atoms with van der Waals surface area (Å²) in [6.45, 7) is 0.478. The molecule has 0 saturated carbocycles. The van der Waals surface area contributed by atoms with Crippen molar-refractivity contribution < 1.29 is 23.1 Å². The van der Waals surface area contributed by atoms with E-state index >= 15 is 0 Å². The molecular weight excluding hydrogens is 544 g/mol. The zero-order valence-electron chi connectivity index (χ0n) is 20.3. The summed E-state index contributed by atoms with van der Waals surface area (Å²) in [5.41, 5.74) is -2.35. The van der Waals surface area contributed by atoms with Crippen molar-refractivity contribution in [2.24, 2.45) is 0 Å². The van der Waals surface area contributed by atoms with Crippen LogP contribution in [0.3, 0.4) is 0 Å². The lowest BCUT2D eigenvalue weighted by molar-refractivity contribution is -0.137. The number of hydrogen-bond donors (Lipinski definition) is 3. The first kappa shape index (κ1) is 29.2. The van der Waals surface area contributed by atoms with Crippen molar-refractivity contribution in [1.29, 1.82) is 5.26 Å². The maximum absolute atomic E-state index is 13.4. The number of aliphatic hydroxyl groups is 1. The molecule has 3 N–H and O–H groups in total. The number of aromatic amines is 1. The Morgan fingerprint density at radius 3 is 2.45 bits per heavy atom. The topological polar surface area (TPSA) is 109 Å². The minimum Gasteiger partial charge on any atom is -0.392 e. The molecular formula is C26H23Cl2F3N4O3. The van der Waals surface area contributed by atoms with Gasteiger partial charge in [-0.3, -0.25) is 9.59 Å². The fraction of sp³-hybridized carbons (Fsp3) is 0.269. The van der Waals surface area contributed by atoms with Gasteiger partial charge in [-0.1, -0.05) is 23.2 Å². The van der Waals surface area contributed by atoms with Gasteiger partial charge in [0.2, 0.25) is 0 Å². The molecule has 0 aliphatic carbocycles. The predicted molar refractivity (Wildman–Crippen MR) is 139 cm³/mol. The molecule has 0 saturated heterocycles. The van der Waals surface area contributed by atoms with E-state index in [0.717, 1.165) is 24.7 Å². The minimum atomic E-state index is -4.69. The lowest BCUT2D eigenvalue weighted by atomic mass is 9.94. The predicted octanol–water partition coefficient (Wildman–Crippen LogP) is 5.08. The maximum atomic E-state index is 13.4. The Hall–Kier alpha value is -3.36. The van der Waals surface area contributed by atoms with Crippen molar-refractivity contribution >= 4 is 29.1 Å². The number of H-pyrrole nitrogens is 1. The average Bonchev–Trinajstić information content (AvgIpc) is 2.84. The van der Waals surface area contributed by atoms with Crippen LogP contribution < -0.4 is 10.9 Å². The van der Waals surface area contributed by atoms with E-state index in [-0.39, 0.29) is 43.6 Å². The maximum Gasteiger partial charge on any atom is 0.416 e. The summed E-state index contributed by atoms with van der Waals surface area (Å²) in [7, 11) is 3.79. The molecule has 0 radical (unpaired) electrons.